The summed E-state index contributed by atoms with van der Waals surface area (Å²) in [6, 6.07) is 0. The molecule has 0 N–H and O–H groups in total. The molecule has 100 valence electrons. The first-order chi connectivity index (χ1) is 8.20. The van der Waals surface area contributed by atoms with Crippen molar-refractivity contribution in [2.24, 2.45) is 0 Å². The van der Waals surface area contributed by atoms with Crippen molar-refractivity contribution in [1.29, 1.82) is 0 Å². The van der Waals surface area contributed by atoms with E-state index in [0.29, 0.717) is 0 Å². The number of carbonyl (C=O) groups is 1. The van der Waals surface area contributed by atoms with Gasteiger partial charge < -0.3 is 0 Å². The molecule has 0 saturated heterocycles. The van der Waals surface area contributed by atoms with Gasteiger partial charge in [0.2, 0.25) is 0 Å². The van der Waals surface area contributed by atoms with Gasteiger partial charge in [0.15, 0.2) is 17.5 Å². The van der Waals surface area contributed by atoms with E-state index in [0.717, 1.165) is 0 Å². The van der Waals surface area contributed by atoms with Gasteiger partial charge in [-0.05, 0) is 23.4 Å². The number of carbonyl (C=O) groups excluding carboxylic acids is 1. The Balaban J connectivity index is 3.87. The monoisotopic (exact) mass is 278 g/mol. The summed E-state index contributed by atoms with van der Waals surface area (Å²) in [4.78, 5) is 11.4. The molecule has 1 aromatic rings. The fraction of sp³-hybridized carbons (Fsp3) is 0.462. The SMILES string of the molecule is CC(C)c1c(F)c(F)c(F)c(C(C)C)c1C(=O)Cl. The largest absolute Gasteiger partial charge is 0.276 e. The zero-order chi connectivity index (χ0) is 14.2. The Morgan fingerprint density at radius 1 is 0.889 bits per heavy atom. The first-order valence-corrected chi connectivity index (χ1v) is 5.97. The van der Waals surface area contributed by atoms with E-state index in [1.165, 1.54) is 0 Å². The summed E-state index contributed by atoms with van der Waals surface area (Å²) >= 11 is 5.40. The van der Waals surface area contributed by atoms with Crippen LogP contribution in [-0.2, 0) is 0 Å². The zero-order valence-electron chi connectivity index (χ0n) is 10.6. The van der Waals surface area contributed by atoms with Crippen LogP contribution in [0.5, 0.6) is 0 Å². The minimum absolute atomic E-state index is 0.169. The van der Waals surface area contributed by atoms with Gasteiger partial charge in [-0.15, -0.1) is 0 Å². The molecule has 0 radical (unpaired) electrons. The van der Waals surface area contributed by atoms with Crippen LogP contribution in [0.1, 0.15) is 61.0 Å². The molecule has 0 aromatic heterocycles. The normalized spacial score (nSPS) is 11.4. The van der Waals surface area contributed by atoms with Gasteiger partial charge in [-0.1, -0.05) is 27.7 Å². The van der Waals surface area contributed by atoms with Crippen LogP contribution < -0.4 is 0 Å². The van der Waals surface area contributed by atoms with Crippen molar-refractivity contribution in [3.05, 3.63) is 34.1 Å². The second-order valence-corrected chi connectivity index (χ2v) is 5.07. The number of hydrogen-bond acceptors (Lipinski definition) is 1. The Kier molecular flexibility index (Phi) is 4.43. The Bertz CT molecular complexity index is 460. The first kappa shape index (κ1) is 15.0. The molecule has 0 amide bonds. The van der Waals surface area contributed by atoms with Gasteiger partial charge in [0, 0.05) is 16.7 Å². The molecule has 0 bridgehead atoms. The molecule has 0 aliphatic heterocycles. The van der Waals surface area contributed by atoms with Crippen molar-refractivity contribution < 1.29 is 18.0 Å². The van der Waals surface area contributed by atoms with Crippen molar-refractivity contribution >= 4 is 16.8 Å². The summed E-state index contributed by atoms with van der Waals surface area (Å²) in [6.07, 6.45) is 0. The summed E-state index contributed by atoms with van der Waals surface area (Å²) in [5, 5.41) is -0.972. The Morgan fingerprint density at radius 2 is 1.22 bits per heavy atom. The molecule has 1 rings (SSSR count). The summed E-state index contributed by atoms with van der Waals surface area (Å²) in [5.41, 5.74) is -0.590. The van der Waals surface area contributed by atoms with Gasteiger partial charge in [-0.3, -0.25) is 4.79 Å². The number of rotatable bonds is 3. The highest BCUT2D eigenvalue weighted by Crippen LogP contribution is 2.35. The van der Waals surface area contributed by atoms with Crippen LogP contribution in [0.4, 0.5) is 13.2 Å². The van der Waals surface area contributed by atoms with Crippen LogP contribution in [0.3, 0.4) is 0 Å². The Labute approximate surface area is 109 Å². The molecule has 0 unspecified atom stereocenters. The predicted octanol–water partition coefficient (Wildman–Crippen LogP) is 4.73. The highest BCUT2D eigenvalue weighted by molar-refractivity contribution is 6.68. The molecule has 0 fully saturated rings. The summed E-state index contributed by atoms with van der Waals surface area (Å²) in [6.45, 7) is 6.35. The summed E-state index contributed by atoms with van der Waals surface area (Å²) in [7, 11) is 0. The second-order valence-electron chi connectivity index (χ2n) is 4.73. The van der Waals surface area contributed by atoms with Gasteiger partial charge in [-0.25, -0.2) is 13.2 Å². The molecule has 1 aromatic carbocycles. The maximum Gasteiger partial charge on any atom is 0.253 e. The first-order valence-electron chi connectivity index (χ1n) is 5.60. The molecule has 1 nitrogen and oxygen atoms in total. The third-order valence-corrected chi connectivity index (χ3v) is 2.94. The summed E-state index contributed by atoms with van der Waals surface area (Å²) in [5.74, 6) is -5.18. The minimum Gasteiger partial charge on any atom is -0.276 e. The quantitative estimate of drug-likeness (QED) is 0.577. The fourth-order valence-corrected chi connectivity index (χ4v) is 2.20. The summed E-state index contributed by atoms with van der Waals surface area (Å²) < 4.78 is 41.0. The number of hydrogen-bond donors (Lipinski definition) is 0. The van der Waals surface area contributed by atoms with E-state index in [9.17, 15) is 18.0 Å². The molecule has 0 aliphatic rings. The van der Waals surface area contributed by atoms with E-state index in [1.807, 2.05) is 0 Å². The van der Waals surface area contributed by atoms with E-state index >= 15 is 0 Å². The molecule has 0 saturated carbocycles. The maximum atomic E-state index is 13.8. The lowest BCUT2D eigenvalue weighted by molar-refractivity contribution is 0.107. The molecule has 0 spiro atoms. The van der Waals surface area contributed by atoms with Crippen LogP contribution in [0.2, 0.25) is 0 Å². The highest BCUT2D eigenvalue weighted by atomic mass is 35.5. The second kappa shape index (κ2) is 5.31. The van der Waals surface area contributed by atoms with Crippen LogP contribution in [-0.4, -0.2) is 5.24 Å². The average Bonchev–Trinajstić information content (AvgIpc) is 2.23. The van der Waals surface area contributed by atoms with Gasteiger partial charge >= 0.3 is 0 Å². The van der Waals surface area contributed by atoms with Crippen LogP contribution >= 0.6 is 11.6 Å². The van der Waals surface area contributed by atoms with E-state index in [1.54, 1.807) is 27.7 Å². The highest BCUT2D eigenvalue weighted by Gasteiger charge is 2.30. The lowest BCUT2D eigenvalue weighted by Gasteiger charge is -2.19. The molecule has 0 heterocycles. The molecule has 18 heavy (non-hydrogen) atoms. The lowest BCUT2D eigenvalue weighted by atomic mass is 9.88. The topological polar surface area (TPSA) is 17.1 Å². The Hall–Kier alpha value is -1.03. The van der Waals surface area contributed by atoms with Crippen LogP contribution in [0, 0.1) is 17.5 Å². The number of benzene rings is 1. The van der Waals surface area contributed by atoms with E-state index in [4.69, 9.17) is 11.6 Å². The zero-order valence-corrected chi connectivity index (χ0v) is 11.3. The minimum atomic E-state index is -1.55. The smallest absolute Gasteiger partial charge is 0.253 e. The van der Waals surface area contributed by atoms with Crippen LogP contribution in [0.15, 0.2) is 0 Å². The van der Waals surface area contributed by atoms with E-state index in [2.05, 4.69) is 0 Å². The van der Waals surface area contributed by atoms with Gasteiger partial charge in [0.05, 0.1) is 0 Å². The van der Waals surface area contributed by atoms with Crippen molar-refractivity contribution in [3.63, 3.8) is 0 Å². The van der Waals surface area contributed by atoms with E-state index in [-0.39, 0.29) is 16.7 Å². The molecular formula is C13H14ClF3O. The van der Waals surface area contributed by atoms with Crippen LogP contribution in [0.25, 0.3) is 0 Å². The van der Waals surface area contributed by atoms with Crippen molar-refractivity contribution in [2.75, 3.05) is 0 Å². The molecular weight excluding hydrogens is 265 g/mol. The standard InChI is InChI=1S/C13H14ClF3O/c1-5(2)7-9(13(14)18)8(6(3)4)11(16)12(17)10(7)15/h5-6H,1-4H3. The lowest BCUT2D eigenvalue weighted by Crippen LogP contribution is -2.14. The third-order valence-electron chi connectivity index (χ3n) is 2.75. The Morgan fingerprint density at radius 3 is 1.44 bits per heavy atom. The van der Waals surface area contributed by atoms with Gasteiger partial charge in [0.25, 0.3) is 5.24 Å². The maximum absolute atomic E-state index is 13.8. The molecule has 0 atom stereocenters. The fourth-order valence-electron chi connectivity index (χ4n) is 1.99. The van der Waals surface area contributed by atoms with Crippen molar-refractivity contribution in [2.45, 2.75) is 39.5 Å². The van der Waals surface area contributed by atoms with Gasteiger partial charge in [-0.2, -0.15) is 0 Å². The molecule has 0 aliphatic carbocycles. The van der Waals surface area contributed by atoms with Crippen molar-refractivity contribution in [3.8, 4) is 0 Å². The molecule has 5 heteroatoms. The third kappa shape index (κ3) is 2.39. The van der Waals surface area contributed by atoms with E-state index < -0.39 is 34.5 Å². The number of halogens is 4. The van der Waals surface area contributed by atoms with Gasteiger partial charge in [0.1, 0.15) is 0 Å². The predicted molar refractivity (Wildman–Crippen MR) is 64.7 cm³/mol. The average molecular weight is 279 g/mol. The van der Waals surface area contributed by atoms with Crippen molar-refractivity contribution in [1.82, 2.24) is 0 Å².